The fourth-order valence-electron chi connectivity index (χ4n) is 3.76. The van der Waals surface area contributed by atoms with Crippen LogP contribution in [-0.2, 0) is 22.7 Å². The first-order valence-corrected chi connectivity index (χ1v) is 9.81. The van der Waals surface area contributed by atoms with Crippen LogP contribution in [-0.4, -0.2) is 42.3 Å². The van der Waals surface area contributed by atoms with Crippen molar-refractivity contribution in [1.29, 1.82) is 0 Å². The largest absolute Gasteiger partial charge is 0.350 e. The Morgan fingerprint density at radius 3 is 2.54 bits per heavy atom. The third kappa shape index (κ3) is 4.78. The van der Waals surface area contributed by atoms with Gasteiger partial charge in [0, 0.05) is 26.1 Å². The van der Waals surface area contributed by atoms with Crippen molar-refractivity contribution in [2.24, 2.45) is 0 Å². The summed E-state index contributed by atoms with van der Waals surface area (Å²) in [6.07, 6.45) is 1.57. The number of benzene rings is 2. The Morgan fingerprint density at radius 2 is 1.89 bits per heavy atom. The second-order valence-corrected chi connectivity index (χ2v) is 7.69. The molecule has 0 saturated carbocycles. The normalized spacial score (nSPS) is 15.1. The summed E-state index contributed by atoms with van der Waals surface area (Å²) in [7, 11) is 3.83. The van der Waals surface area contributed by atoms with Crippen molar-refractivity contribution in [3.05, 3.63) is 70.8 Å². The molecule has 0 unspecified atom stereocenters. The van der Waals surface area contributed by atoms with Crippen LogP contribution in [0.4, 0.5) is 0 Å². The van der Waals surface area contributed by atoms with E-state index in [9.17, 15) is 9.59 Å². The van der Waals surface area contributed by atoms with E-state index < -0.39 is 0 Å². The molecule has 0 radical (unpaired) electrons. The number of carbonyl (C=O) groups is 2. The molecule has 1 heterocycles. The quantitative estimate of drug-likeness (QED) is 0.805. The van der Waals surface area contributed by atoms with Gasteiger partial charge >= 0.3 is 0 Å². The fraction of sp³-hybridized carbons (Fsp3) is 0.391. The van der Waals surface area contributed by atoms with E-state index in [4.69, 9.17) is 0 Å². The summed E-state index contributed by atoms with van der Waals surface area (Å²) < 4.78 is 0. The van der Waals surface area contributed by atoms with Crippen LogP contribution in [0.1, 0.15) is 41.1 Å². The molecule has 1 N–H and O–H groups in total. The first-order valence-electron chi connectivity index (χ1n) is 9.81. The van der Waals surface area contributed by atoms with Crippen molar-refractivity contribution in [2.75, 3.05) is 20.6 Å². The number of likely N-dealkylation sites (N-methyl/N-ethyl adjacent to an activating group) is 1. The molecule has 148 valence electrons. The minimum atomic E-state index is -0.341. The first-order chi connectivity index (χ1) is 13.5. The highest BCUT2D eigenvalue weighted by Gasteiger charge is 2.24. The predicted molar refractivity (Wildman–Crippen MR) is 111 cm³/mol. The first kappa shape index (κ1) is 20.1. The van der Waals surface area contributed by atoms with Gasteiger partial charge in [0.05, 0.1) is 0 Å². The Kier molecular flexibility index (Phi) is 6.47. The van der Waals surface area contributed by atoms with E-state index in [0.29, 0.717) is 19.5 Å². The lowest BCUT2D eigenvalue weighted by Crippen LogP contribution is -2.37. The highest BCUT2D eigenvalue weighted by molar-refractivity contribution is 5.83. The second kappa shape index (κ2) is 9.02. The maximum absolute atomic E-state index is 13.0. The van der Waals surface area contributed by atoms with E-state index in [0.717, 1.165) is 35.2 Å². The summed E-state index contributed by atoms with van der Waals surface area (Å²) in [6, 6.07) is 15.7. The van der Waals surface area contributed by atoms with Crippen LogP contribution >= 0.6 is 0 Å². The molecule has 0 aromatic heterocycles. The molecular weight excluding hydrogens is 350 g/mol. The third-order valence-corrected chi connectivity index (χ3v) is 5.23. The average molecular weight is 380 g/mol. The number of hydrogen-bond donors (Lipinski definition) is 1. The summed E-state index contributed by atoms with van der Waals surface area (Å²) in [5, 5.41) is 3.09. The molecule has 1 saturated heterocycles. The van der Waals surface area contributed by atoms with Crippen molar-refractivity contribution < 1.29 is 9.59 Å². The summed E-state index contributed by atoms with van der Waals surface area (Å²) in [5.41, 5.74) is 4.27. The number of nitrogens with zero attached hydrogens (tertiary/aromatic N) is 2. The smallest absolute Gasteiger partial charge is 0.242 e. The van der Waals surface area contributed by atoms with Gasteiger partial charge in [0.1, 0.15) is 6.04 Å². The number of hydrogen-bond acceptors (Lipinski definition) is 3. The van der Waals surface area contributed by atoms with E-state index in [1.165, 1.54) is 0 Å². The molecule has 1 fully saturated rings. The molecule has 0 bridgehead atoms. The Bertz CT molecular complexity index is 847. The lowest BCUT2D eigenvalue weighted by Gasteiger charge is -2.25. The van der Waals surface area contributed by atoms with E-state index in [1.54, 1.807) is 0 Å². The zero-order chi connectivity index (χ0) is 20.1. The molecule has 2 aromatic rings. The topological polar surface area (TPSA) is 52.7 Å². The van der Waals surface area contributed by atoms with Crippen LogP contribution in [0.15, 0.2) is 48.5 Å². The average Bonchev–Trinajstić information content (AvgIpc) is 3.05. The third-order valence-electron chi connectivity index (χ3n) is 5.23. The maximum Gasteiger partial charge on any atom is 0.242 e. The van der Waals surface area contributed by atoms with Crippen molar-refractivity contribution in [3.63, 3.8) is 0 Å². The molecule has 0 spiro atoms. The van der Waals surface area contributed by atoms with Crippen molar-refractivity contribution in [2.45, 2.75) is 38.9 Å². The molecule has 28 heavy (non-hydrogen) atoms. The van der Waals surface area contributed by atoms with Gasteiger partial charge in [-0.1, -0.05) is 54.1 Å². The number of likely N-dealkylation sites (tertiary alicyclic amines) is 1. The fourth-order valence-corrected chi connectivity index (χ4v) is 3.76. The Balaban J connectivity index is 1.70. The van der Waals surface area contributed by atoms with Gasteiger partial charge in [-0.3, -0.25) is 14.5 Å². The number of nitrogens with one attached hydrogen (secondary N) is 1. The van der Waals surface area contributed by atoms with E-state index in [-0.39, 0.29) is 17.9 Å². The molecule has 1 aliphatic heterocycles. The Labute approximate surface area is 167 Å². The lowest BCUT2D eigenvalue weighted by atomic mass is 10.0. The van der Waals surface area contributed by atoms with Gasteiger partial charge in [-0.25, -0.2) is 0 Å². The minimum absolute atomic E-state index is 0.0253. The molecule has 1 atom stereocenters. The van der Waals surface area contributed by atoms with Gasteiger partial charge in [0.15, 0.2) is 0 Å². The van der Waals surface area contributed by atoms with E-state index in [2.05, 4.69) is 11.4 Å². The van der Waals surface area contributed by atoms with Crippen LogP contribution in [0.3, 0.4) is 0 Å². The molecular formula is C23H29N3O2. The summed E-state index contributed by atoms with van der Waals surface area (Å²) in [4.78, 5) is 28.7. The number of amides is 2. The van der Waals surface area contributed by atoms with Gasteiger partial charge in [-0.2, -0.15) is 0 Å². The lowest BCUT2D eigenvalue weighted by molar-refractivity contribution is -0.128. The molecule has 5 nitrogen and oxygen atoms in total. The highest BCUT2D eigenvalue weighted by Crippen LogP contribution is 2.21. The SMILES string of the molecule is Cc1cccc([C@H](C(=O)NCc2ccccc2CN2CCCC2=O)N(C)C)c1. The zero-order valence-corrected chi connectivity index (χ0v) is 16.9. The number of aryl methyl sites for hydroxylation is 1. The molecule has 5 heteroatoms. The van der Waals surface area contributed by atoms with Crippen molar-refractivity contribution >= 4 is 11.8 Å². The van der Waals surface area contributed by atoms with Crippen LogP contribution < -0.4 is 5.32 Å². The molecule has 0 aliphatic carbocycles. The van der Waals surface area contributed by atoms with Gasteiger partial charge < -0.3 is 10.2 Å². The number of rotatable bonds is 7. The molecule has 1 aliphatic rings. The van der Waals surface area contributed by atoms with Gasteiger partial charge in [0.2, 0.25) is 11.8 Å². The van der Waals surface area contributed by atoms with Gasteiger partial charge in [0.25, 0.3) is 0 Å². The van der Waals surface area contributed by atoms with Crippen LogP contribution in [0.25, 0.3) is 0 Å². The van der Waals surface area contributed by atoms with Gasteiger partial charge in [-0.15, -0.1) is 0 Å². The predicted octanol–water partition coefficient (Wildman–Crippen LogP) is 3.04. The van der Waals surface area contributed by atoms with Gasteiger partial charge in [-0.05, 0) is 44.1 Å². The summed E-state index contributed by atoms with van der Waals surface area (Å²) >= 11 is 0. The Hall–Kier alpha value is -2.66. The second-order valence-electron chi connectivity index (χ2n) is 7.69. The monoisotopic (exact) mass is 379 g/mol. The van der Waals surface area contributed by atoms with E-state index >= 15 is 0 Å². The Morgan fingerprint density at radius 1 is 1.14 bits per heavy atom. The van der Waals surface area contributed by atoms with Crippen molar-refractivity contribution in [1.82, 2.24) is 15.1 Å². The highest BCUT2D eigenvalue weighted by atomic mass is 16.2. The molecule has 3 rings (SSSR count). The molecule has 2 amide bonds. The zero-order valence-electron chi connectivity index (χ0n) is 16.9. The van der Waals surface area contributed by atoms with Crippen molar-refractivity contribution in [3.8, 4) is 0 Å². The number of carbonyl (C=O) groups excluding carboxylic acids is 2. The van der Waals surface area contributed by atoms with E-state index in [1.807, 2.05) is 73.3 Å². The standard InChI is InChI=1S/C23H29N3O2/c1-17-8-6-11-18(14-17)22(25(2)3)23(28)24-15-19-9-4-5-10-20(19)16-26-13-7-12-21(26)27/h4-6,8-11,14,22H,7,12-13,15-16H2,1-3H3,(H,24,28)/t22-/m1/s1. The summed E-state index contributed by atoms with van der Waals surface area (Å²) in [5.74, 6) is 0.189. The van der Waals surface area contributed by atoms with Crippen LogP contribution in [0.5, 0.6) is 0 Å². The maximum atomic E-state index is 13.0. The summed E-state index contributed by atoms with van der Waals surface area (Å²) in [6.45, 7) is 3.91. The van der Waals surface area contributed by atoms with Crippen LogP contribution in [0, 0.1) is 6.92 Å². The van der Waals surface area contributed by atoms with Crippen LogP contribution in [0.2, 0.25) is 0 Å². The molecule has 2 aromatic carbocycles. The minimum Gasteiger partial charge on any atom is -0.350 e.